The molecule has 3 rings (SSSR count). The van der Waals surface area contributed by atoms with Gasteiger partial charge < -0.3 is 0 Å². The van der Waals surface area contributed by atoms with E-state index >= 15 is 0 Å². The van der Waals surface area contributed by atoms with Gasteiger partial charge in [0.05, 0.1) is 10.8 Å². The number of hydrogen-bond acceptors (Lipinski definition) is 5. The number of Topliss-reactive ketones (excluding diaryl/α,β-unsaturated/α-hetero) is 5. The van der Waals surface area contributed by atoms with Crippen molar-refractivity contribution in [3.8, 4) is 0 Å². The van der Waals surface area contributed by atoms with Crippen molar-refractivity contribution in [1.82, 2.24) is 0 Å². The zero-order valence-corrected chi connectivity index (χ0v) is 19.5. The van der Waals surface area contributed by atoms with Gasteiger partial charge in [-0.1, -0.05) is 39.3 Å². The maximum absolute atomic E-state index is 14.3. The molecule has 0 saturated heterocycles. The van der Waals surface area contributed by atoms with Crippen LogP contribution < -0.4 is 0 Å². The predicted molar refractivity (Wildman–Crippen MR) is 113 cm³/mol. The van der Waals surface area contributed by atoms with Gasteiger partial charge in [0.1, 0.15) is 5.78 Å². The first-order valence-corrected chi connectivity index (χ1v) is 10.9. The normalized spacial score (nSPS) is 39.3. The molecule has 0 aromatic heterocycles. The molecule has 2 bridgehead atoms. The Bertz CT molecular complexity index is 902. The van der Waals surface area contributed by atoms with Crippen LogP contribution in [0.15, 0.2) is 11.6 Å². The van der Waals surface area contributed by atoms with E-state index < -0.39 is 56.8 Å². The van der Waals surface area contributed by atoms with E-state index in [9.17, 15) is 24.0 Å². The smallest absolute Gasteiger partial charge is 0.168 e. The summed E-state index contributed by atoms with van der Waals surface area (Å²) in [4.78, 5) is 67.9. The van der Waals surface area contributed by atoms with Crippen LogP contribution in [0, 0.1) is 39.4 Å². The molecule has 0 heterocycles. The van der Waals surface area contributed by atoms with Crippen molar-refractivity contribution in [2.45, 2.75) is 74.7 Å². The Morgan fingerprint density at radius 3 is 2.00 bits per heavy atom. The second-order valence-corrected chi connectivity index (χ2v) is 11.1. The molecule has 0 aromatic carbocycles. The van der Waals surface area contributed by atoms with Gasteiger partial charge in [-0.15, -0.1) is 0 Å². The van der Waals surface area contributed by atoms with E-state index in [4.69, 9.17) is 0 Å². The summed E-state index contributed by atoms with van der Waals surface area (Å²) in [5, 5.41) is 0. The van der Waals surface area contributed by atoms with E-state index in [-0.39, 0.29) is 30.8 Å². The van der Waals surface area contributed by atoms with Crippen LogP contribution in [0.5, 0.6) is 0 Å². The van der Waals surface area contributed by atoms with Crippen LogP contribution in [0.2, 0.25) is 0 Å². The highest BCUT2D eigenvalue weighted by atomic mass is 16.2. The summed E-state index contributed by atoms with van der Waals surface area (Å²) >= 11 is 0. The van der Waals surface area contributed by atoms with E-state index in [1.165, 1.54) is 6.92 Å². The highest BCUT2D eigenvalue weighted by Crippen LogP contribution is 2.72. The van der Waals surface area contributed by atoms with Crippen molar-refractivity contribution in [2.24, 2.45) is 39.4 Å². The number of rotatable bonds is 5. The third-order valence-electron chi connectivity index (χ3n) is 8.37. The van der Waals surface area contributed by atoms with E-state index in [2.05, 4.69) is 0 Å². The molecule has 3 aliphatic rings. The molecular formula is C25H34O5. The van der Waals surface area contributed by atoms with Gasteiger partial charge in [-0.2, -0.15) is 0 Å². The van der Waals surface area contributed by atoms with Crippen molar-refractivity contribution in [2.75, 3.05) is 0 Å². The SMILES string of the molecule is CC(=O)[C@@H]1C[C@]23C(=O)[C@](C)(C[C@@H]2C1(C)C)C(=O)[C@](CC=C(C)C)(C(=O)C(C)C)C3=O. The van der Waals surface area contributed by atoms with Crippen molar-refractivity contribution in [3.05, 3.63) is 11.6 Å². The molecule has 164 valence electrons. The molecular weight excluding hydrogens is 380 g/mol. The number of ketones is 5. The molecule has 30 heavy (non-hydrogen) atoms. The Labute approximate surface area is 179 Å². The molecule has 0 radical (unpaired) electrons. The van der Waals surface area contributed by atoms with Gasteiger partial charge in [0.2, 0.25) is 0 Å². The largest absolute Gasteiger partial charge is 0.300 e. The molecule has 0 N–H and O–H groups in total. The first-order chi connectivity index (χ1) is 13.6. The van der Waals surface area contributed by atoms with Crippen LogP contribution in [0.1, 0.15) is 74.7 Å². The maximum Gasteiger partial charge on any atom is 0.168 e. The van der Waals surface area contributed by atoms with E-state index in [1.807, 2.05) is 27.7 Å². The van der Waals surface area contributed by atoms with Crippen LogP contribution in [0.25, 0.3) is 0 Å². The molecule has 5 atom stereocenters. The molecule has 0 amide bonds. The Morgan fingerprint density at radius 1 is 0.967 bits per heavy atom. The standard InChI is InChI=1S/C25H34O5/c1-13(2)9-10-24(18(27)14(3)4)19(28)23(8)12-17-22(6,7)16(15(5)26)11-25(17,20(23)29)21(24)30/h9,14,16-17H,10-12H2,1-8H3/t16-,17+,23+,24-,25+/m0/s1. The van der Waals surface area contributed by atoms with Crippen LogP contribution >= 0.6 is 0 Å². The Hall–Kier alpha value is -1.91. The quantitative estimate of drug-likeness (QED) is 0.503. The molecule has 3 saturated carbocycles. The minimum absolute atomic E-state index is 0.00742. The van der Waals surface area contributed by atoms with Crippen molar-refractivity contribution < 1.29 is 24.0 Å². The lowest BCUT2D eigenvalue weighted by Crippen LogP contribution is -2.65. The number of hydrogen-bond donors (Lipinski definition) is 0. The number of fused-ring (bicyclic) bond motifs is 1. The summed E-state index contributed by atoms with van der Waals surface area (Å²) in [6.07, 6.45) is 2.10. The fourth-order valence-electron chi connectivity index (χ4n) is 6.82. The Balaban J connectivity index is 2.33. The van der Waals surface area contributed by atoms with Crippen LogP contribution in [-0.4, -0.2) is 28.9 Å². The Morgan fingerprint density at radius 2 is 1.53 bits per heavy atom. The topological polar surface area (TPSA) is 85.3 Å². The molecule has 0 aromatic rings. The molecule has 5 heteroatoms. The monoisotopic (exact) mass is 414 g/mol. The van der Waals surface area contributed by atoms with Crippen molar-refractivity contribution in [3.63, 3.8) is 0 Å². The van der Waals surface area contributed by atoms with Crippen LogP contribution in [-0.2, 0) is 24.0 Å². The highest BCUT2D eigenvalue weighted by molar-refractivity contribution is 6.40. The van der Waals surface area contributed by atoms with Crippen LogP contribution in [0.4, 0.5) is 0 Å². The van der Waals surface area contributed by atoms with Gasteiger partial charge in [-0.3, -0.25) is 24.0 Å². The average molecular weight is 415 g/mol. The molecule has 0 unspecified atom stereocenters. The molecule has 3 aliphatic carbocycles. The summed E-state index contributed by atoms with van der Waals surface area (Å²) < 4.78 is 0. The summed E-state index contributed by atoms with van der Waals surface area (Å²) in [5.41, 5.74) is -4.32. The van der Waals surface area contributed by atoms with Gasteiger partial charge in [0.15, 0.2) is 28.5 Å². The zero-order chi connectivity index (χ0) is 23.0. The molecule has 1 spiro atoms. The number of allylic oxidation sites excluding steroid dienone is 2. The van der Waals surface area contributed by atoms with Gasteiger partial charge in [0, 0.05) is 11.8 Å². The van der Waals surface area contributed by atoms with Crippen molar-refractivity contribution in [1.29, 1.82) is 0 Å². The van der Waals surface area contributed by atoms with Crippen LogP contribution in [0.3, 0.4) is 0 Å². The lowest BCUT2D eigenvalue weighted by atomic mass is 9.51. The zero-order valence-electron chi connectivity index (χ0n) is 19.5. The van der Waals surface area contributed by atoms with E-state index in [0.29, 0.717) is 0 Å². The fourth-order valence-corrected chi connectivity index (χ4v) is 6.82. The summed E-state index contributed by atoms with van der Waals surface area (Å²) in [7, 11) is 0. The predicted octanol–water partition coefficient (Wildman–Crippen LogP) is 3.92. The maximum atomic E-state index is 14.3. The van der Waals surface area contributed by atoms with E-state index in [1.54, 1.807) is 26.8 Å². The first kappa shape index (κ1) is 22.8. The lowest BCUT2D eigenvalue weighted by Gasteiger charge is -2.45. The van der Waals surface area contributed by atoms with E-state index in [0.717, 1.165) is 5.57 Å². The highest BCUT2D eigenvalue weighted by Gasteiger charge is 2.82. The summed E-state index contributed by atoms with van der Waals surface area (Å²) in [5.74, 6) is -3.27. The molecule has 0 aliphatic heterocycles. The minimum atomic E-state index is -1.84. The first-order valence-electron chi connectivity index (χ1n) is 10.9. The minimum Gasteiger partial charge on any atom is -0.300 e. The molecule has 3 fully saturated rings. The second kappa shape index (κ2) is 6.54. The summed E-state index contributed by atoms with van der Waals surface area (Å²) in [6.45, 7) is 14.1. The van der Waals surface area contributed by atoms with Gasteiger partial charge in [0.25, 0.3) is 0 Å². The molecule has 5 nitrogen and oxygen atoms in total. The summed E-state index contributed by atoms with van der Waals surface area (Å²) in [6, 6.07) is 0. The lowest BCUT2D eigenvalue weighted by molar-refractivity contribution is -0.168. The average Bonchev–Trinajstić information content (AvgIpc) is 2.99. The fraction of sp³-hybridized carbons (Fsp3) is 0.720. The van der Waals surface area contributed by atoms with Gasteiger partial charge >= 0.3 is 0 Å². The third-order valence-corrected chi connectivity index (χ3v) is 8.37. The number of carbonyl (C=O) groups is 5. The Kier molecular flexibility index (Phi) is 4.97. The van der Waals surface area contributed by atoms with Gasteiger partial charge in [-0.05, 0) is 58.3 Å². The second-order valence-electron chi connectivity index (χ2n) is 11.1. The third kappa shape index (κ3) is 2.44. The number of carbonyl (C=O) groups excluding carboxylic acids is 5. The van der Waals surface area contributed by atoms with Gasteiger partial charge in [-0.25, -0.2) is 0 Å². The van der Waals surface area contributed by atoms with Crippen molar-refractivity contribution >= 4 is 28.9 Å².